The van der Waals surface area contributed by atoms with E-state index in [1.165, 1.54) is 37.7 Å². The van der Waals surface area contributed by atoms with Crippen LogP contribution in [0.1, 0.15) is 21.5 Å². The molecule has 0 aliphatic rings. The van der Waals surface area contributed by atoms with E-state index in [1.807, 2.05) is 0 Å². The summed E-state index contributed by atoms with van der Waals surface area (Å²) in [6, 6.07) is 5.67. The van der Waals surface area contributed by atoms with Crippen LogP contribution in [0.25, 0.3) is 0 Å². The number of carbonyl (C=O) groups excluding carboxylic acids is 1. The number of nitrogens with zero attached hydrogens (tertiary/aromatic N) is 1. The van der Waals surface area contributed by atoms with E-state index in [2.05, 4.69) is 4.98 Å². The number of aryl methyl sites for hydroxylation is 1. The second-order valence-electron chi connectivity index (χ2n) is 3.86. The van der Waals surface area contributed by atoms with Crippen LogP contribution >= 0.6 is 0 Å². The third-order valence-corrected chi connectivity index (χ3v) is 2.68. The first-order chi connectivity index (χ1) is 8.63. The van der Waals surface area contributed by atoms with Gasteiger partial charge >= 0.3 is 0 Å². The van der Waals surface area contributed by atoms with Crippen LogP contribution in [0.3, 0.4) is 0 Å². The van der Waals surface area contributed by atoms with Crippen LogP contribution in [0, 0.1) is 12.7 Å². The van der Waals surface area contributed by atoms with Gasteiger partial charge in [-0.1, -0.05) is 0 Å². The summed E-state index contributed by atoms with van der Waals surface area (Å²) >= 11 is 0. The van der Waals surface area contributed by atoms with E-state index >= 15 is 0 Å². The van der Waals surface area contributed by atoms with Crippen LogP contribution in [-0.4, -0.2) is 17.9 Å². The fourth-order valence-electron chi connectivity index (χ4n) is 1.76. The summed E-state index contributed by atoms with van der Waals surface area (Å²) in [5.74, 6) is -0.149. The van der Waals surface area contributed by atoms with E-state index in [9.17, 15) is 9.18 Å². The van der Waals surface area contributed by atoms with Gasteiger partial charge < -0.3 is 4.74 Å². The highest BCUT2D eigenvalue weighted by atomic mass is 19.1. The Morgan fingerprint density at radius 3 is 2.72 bits per heavy atom. The summed E-state index contributed by atoms with van der Waals surface area (Å²) in [6.45, 7) is 1.70. The smallest absolute Gasteiger partial charge is 0.197 e. The highest BCUT2D eigenvalue weighted by molar-refractivity contribution is 6.11. The fraction of sp³-hybridized carbons (Fsp3) is 0.143. The molecular weight excluding hydrogens is 233 g/mol. The van der Waals surface area contributed by atoms with E-state index in [4.69, 9.17) is 4.74 Å². The van der Waals surface area contributed by atoms with E-state index in [-0.39, 0.29) is 11.6 Å². The average Bonchev–Trinajstić information content (AvgIpc) is 2.38. The molecule has 0 aliphatic carbocycles. The van der Waals surface area contributed by atoms with E-state index in [0.29, 0.717) is 22.4 Å². The molecule has 4 heteroatoms. The Hall–Kier alpha value is -2.23. The van der Waals surface area contributed by atoms with Gasteiger partial charge in [-0.15, -0.1) is 0 Å². The summed E-state index contributed by atoms with van der Waals surface area (Å²) in [7, 11) is 1.48. The molecule has 1 heterocycles. The van der Waals surface area contributed by atoms with Crippen molar-refractivity contribution in [3.05, 3.63) is 59.2 Å². The molecular formula is C14H12FNO2. The zero-order valence-corrected chi connectivity index (χ0v) is 10.1. The second-order valence-corrected chi connectivity index (χ2v) is 3.86. The number of aromatic nitrogens is 1. The number of pyridine rings is 1. The van der Waals surface area contributed by atoms with Crippen LogP contribution in [0.2, 0.25) is 0 Å². The molecule has 0 amide bonds. The number of benzene rings is 1. The van der Waals surface area contributed by atoms with E-state index in [0.717, 1.165) is 0 Å². The van der Waals surface area contributed by atoms with Gasteiger partial charge in [-0.2, -0.15) is 0 Å². The van der Waals surface area contributed by atoms with Crippen molar-refractivity contribution >= 4 is 5.78 Å². The number of ether oxygens (including phenoxy) is 1. The largest absolute Gasteiger partial charge is 0.494 e. The minimum absolute atomic E-state index is 0.202. The Morgan fingerprint density at radius 2 is 2.06 bits per heavy atom. The number of hydrogen-bond donors (Lipinski definition) is 0. The molecule has 2 rings (SSSR count). The van der Waals surface area contributed by atoms with Gasteiger partial charge in [0.25, 0.3) is 0 Å². The maximum atomic E-state index is 13.0. The van der Waals surface area contributed by atoms with Crippen molar-refractivity contribution in [2.45, 2.75) is 6.92 Å². The first-order valence-electron chi connectivity index (χ1n) is 5.42. The lowest BCUT2D eigenvalue weighted by Crippen LogP contribution is -2.06. The Labute approximate surface area is 104 Å². The number of hydrogen-bond acceptors (Lipinski definition) is 3. The summed E-state index contributed by atoms with van der Waals surface area (Å²) in [4.78, 5) is 16.2. The average molecular weight is 245 g/mol. The number of halogens is 1. The molecule has 0 radical (unpaired) electrons. The first-order valence-corrected chi connectivity index (χ1v) is 5.42. The normalized spacial score (nSPS) is 10.2. The van der Waals surface area contributed by atoms with Crippen LogP contribution in [0.15, 0.2) is 36.7 Å². The summed E-state index contributed by atoms with van der Waals surface area (Å²) in [6.07, 6.45) is 3.00. The monoisotopic (exact) mass is 245 g/mol. The molecule has 0 saturated carbocycles. The second kappa shape index (κ2) is 4.96. The summed E-state index contributed by atoms with van der Waals surface area (Å²) in [5.41, 5.74) is 1.47. The predicted octanol–water partition coefficient (Wildman–Crippen LogP) is 2.77. The van der Waals surface area contributed by atoms with Crippen LogP contribution in [0.5, 0.6) is 5.75 Å². The van der Waals surface area contributed by atoms with Gasteiger partial charge in [-0.3, -0.25) is 9.78 Å². The molecule has 18 heavy (non-hydrogen) atoms. The topological polar surface area (TPSA) is 39.2 Å². The molecule has 0 saturated heterocycles. The number of methoxy groups -OCH3 is 1. The van der Waals surface area contributed by atoms with E-state index < -0.39 is 0 Å². The lowest BCUT2D eigenvalue weighted by atomic mass is 9.99. The summed E-state index contributed by atoms with van der Waals surface area (Å²) in [5, 5.41) is 0. The predicted molar refractivity (Wildman–Crippen MR) is 65.4 cm³/mol. The molecule has 1 aromatic heterocycles. The maximum absolute atomic E-state index is 13.0. The lowest BCUT2D eigenvalue weighted by molar-refractivity contribution is 0.103. The van der Waals surface area contributed by atoms with Crippen molar-refractivity contribution in [3.63, 3.8) is 0 Å². The highest BCUT2D eigenvalue weighted by Crippen LogP contribution is 2.22. The standard InChI is InChI=1S/C14H12FNO2/c1-9-7-10(15)3-4-11(9)14(17)12-5-6-16-8-13(12)18-2/h3-8H,1-2H3. The van der Waals surface area contributed by atoms with Crippen molar-refractivity contribution in [1.29, 1.82) is 0 Å². The molecule has 0 atom stereocenters. The zero-order valence-electron chi connectivity index (χ0n) is 10.1. The Balaban J connectivity index is 2.48. The van der Waals surface area contributed by atoms with Gasteiger partial charge in [0, 0.05) is 11.8 Å². The molecule has 3 nitrogen and oxygen atoms in total. The molecule has 0 unspecified atom stereocenters. The molecule has 1 aromatic carbocycles. The molecule has 0 N–H and O–H groups in total. The Morgan fingerprint density at radius 1 is 1.28 bits per heavy atom. The molecule has 0 spiro atoms. The Bertz CT molecular complexity index is 596. The van der Waals surface area contributed by atoms with Crippen molar-refractivity contribution in [2.75, 3.05) is 7.11 Å². The minimum atomic E-state index is -0.356. The lowest BCUT2D eigenvalue weighted by Gasteiger charge is -2.08. The van der Waals surface area contributed by atoms with Gasteiger partial charge in [-0.05, 0) is 36.8 Å². The van der Waals surface area contributed by atoms with Crippen molar-refractivity contribution in [2.24, 2.45) is 0 Å². The molecule has 2 aromatic rings. The summed E-state index contributed by atoms with van der Waals surface area (Å²) < 4.78 is 18.1. The highest BCUT2D eigenvalue weighted by Gasteiger charge is 2.16. The molecule has 92 valence electrons. The van der Waals surface area contributed by atoms with E-state index in [1.54, 1.807) is 13.0 Å². The zero-order chi connectivity index (χ0) is 13.1. The minimum Gasteiger partial charge on any atom is -0.494 e. The molecule has 0 aliphatic heterocycles. The number of rotatable bonds is 3. The van der Waals surface area contributed by atoms with Gasteiger partial charge in [0.15, 0.2) is 5.78 Å². The molecule has 0 fully saturated rings. The van der Waals surface area contributed by atoms with Gasteiger partial charge in [-0.25, -0.2) is 4.39 Å². The third-order valence-electron chi connectivity index (χ3n) is 2.68. The fourth-order valence-corrected chi connectivity index (χ4v) is 1.76. The SMILES string of the molecule is COc1cnccc1C(=O)c1ccc(F)cc1C. The van der Waals surface area contributed by atoms with Gasteiger partial charge in [0.1, 0.15) is 11.6 Å². The van der Waals surface area contributed by atoms with Crippen molar-refractivity contribution < 1.29 is 13.9 Å². The van der Waals surface area contributed by atoms with Crippen molar-refractivity contribution in [1.82, 2.24) is 4.98 Å². The van der Waals surface area contributed by atoms with Crippen molar-refractivity contribution in [3.8, 4) is 5.75 Å². The van der Waals surface area contributed by atoms with Gasteiger partial charge in [0.2, 0.25) is 0 Å². The quantitative estimate of drug-likeness (QED) is 0.780. The van der Waals surface area contributed by atoms with Crippen LogP contribution < -0.4 is 4.74 Å². The third kappa shape index (κ3) is 2.22. The molecule has 0 bridgehead atoms. The first kappa shape index (κ1) is 12.2. The number of ketones is 1. The van der Waals surface area contributed by atoms with Crippen LogP contribution in [0.4, 0.5) is 4.39 Å². The van der Waals surface area contributed by atoms with Crippen LogP contribution in [-0.2, 0) is 0 Å². The Kier molecular flexibility index (Phi) is 3.37. The number of carbonyl (C=O) groups is 1. The maximum Gasteiger partial charge on any atom is 0.197 e. The van der Waals surface area contributed by atoms with Gasteiger partial charge in [0.05, 0.1) is 18.9 Å².